The van der Waals surface area contributed by atoms with Crippen LogP contribution in [0.25, 0.3) is 10.9 Å². The molecule has 0 aliphatic heterocycles. The number of methoxy groups -OCH3 is 1. The summed E-state index contributed by atoms with van der Waals surface area (Å²) in [5.74, 6) is -0.00120. The van der Waals surface area contributed by atoms with E-state index in [0.29, 0.717) is 35.1 Å². The lowest BCUT2D eigenvalue weighted by Gasteiger charge is -2.11. The fraction of sp³-hybridized carbons (Fsp3) is 0.158. The van der Waals surface area contributed by atoms with Crippen molar-refractivity contribution in [2.45, 2.75) is 6.42 Å². The van der Waals surface area contributed by atoms with Crippen molar-refractivity contribution in [2.75, 3.05) is 19.0 Å². The van der Waals surface area contributed by atoms with Crippen LogP contribution in [0, 0.1) is 0 Å². The van der Waals surface area contributed by atoms with E-state index >= 15 is 0 Å². The first-order chi connectivity index (χ1) is 12.1. The van der Waals surface area contributed by atoms with Crippen molar-refractivity contribution < 1.29 is 14.6 Å². The van der Waals surface area contributed by atoms with Crippen LogP contribution in [0.5, 0.6) is 5.75 Å². The molecule has 0 radical (unpaired) electrons. The SMILES string of the molecule is COc1ccc2cc(C(=O)O)c(NCCc3cccc(Cl)c3)nc2c1. The van der Waals surface area contributed by atoms with Crippen molar-refractivity contribution >= 4 is 34.3 Å². The summed E-state index contributed by atoms with van der Waals surface area (Å²) in [7, 11) is 1.58. The Morgan fingerprint density at radius 1 is 1.24 bits per heavy atom. The summed E-state index contributed by atoms with van der Waals surface area (Å²) < 4.78 is 5.20. The Hall–Kier alpha value is -2.79. The number of ether oxygens (including phenoxy) is 1. The van der Waals surface area contributed by atoms with Crippen LogP contribution in [0.2, 0.25) is 5.02 Å². The van der Waals surface area contributed by atoms with Crippen molar-refractivity contribution in [2.24, 2.45) is 0 Å². The molecule has 3 rings (SSSR count). The van der Waals surface area contributed by atoms with E-state index < -0.39 is 5.97 Å². The number of hydrogen-bond donors (Lipinski definition) is 2. The molecule has 128 valence electrons. The summed E-state index contributed by atoms with van der Waals surface area (Å²) in [5.41, 5.74) is 1.89. The zero-order valence-corrected chi connectivity index (χ0v) is 14.4. The maximum atomic E-state index is 11.5. The third kappa shape index (κ3) is 4.00. The molecule has 0 spiro atoms. The Labute approximate surface area is 150 Å². The van der Waals surface area contributed by atoms with Gasteiger partial charge in [0.1, 0.15) is 17.1 Å². The van der Waals surface area contributed by atoms with Gasteiger partial charge in [0.15, 0.2) is 0 Å². The summed E-state index contributed by atoms with van der Waals surface area (Å²) in [4.78, 5) is 16.0. The number of carbonyl (C=O) groups is 1. The molecule has 0 saturated heterocycles. The molecule has 0 bridgehead atoms. The Morgan fingerprint density at radius 3 is 2.80 bits per heavy atom. The van der Waals surface area contributed by atoms with E-state index in [4.69, 9.17) is 16.3 Å². The average Bonchev–Trinajstić information content (AvgIpc) is 2.60. The van der Waals surface area contributed by atoms with Crippen LogP contribution in [0.3, 0.4) is 0 Å². The number of benzene rings is 2. The molecule has 0 amide bonds. The van der Waals surface area contributed by atoms with Crippen LogP contribution in [0.1, 0.15) is 15.9 Å². The number of pyridine rings is 1. The topological polar surface area (TPSA) is 71.5 Å². The molecular formula is C19H17ClN2O3. The molecule has 25 heavy (non-hydrogen) atoms. The number of aromatic carboxylic acids is 1. The Morgan fingerprint density at radius 2 is 2.08 bits per heavy atom. The van der Waals surface area contributed by atoms with Crippen LogP contribution in [-0.4, -0.2) is 29.7 Å². The summed E-state index contributed by atoms with van der Waals surface area (Å²) in [6, 6.07) is 14.5. The van der Waals surface area contributed by atoms with Gasteiger partial charge < -0.3 is 15.2 Å². The highest BCUT2D eigenvalue weighted by Crippen LogP contribution is 2.24. The summed E-state index contributed by atoms with van der Waals surface area (Å²) in [5, 5.41) is 14.0. The first-order valence-corrected chi connectivity index (χ1v) is 8.15. The predicted molar refractivity (Wildman–Crippen MR) is 98.9 cm³/mol. The lowest BCUT2D eigenvalue weighted by atomic mass is 10.1. The predicted octanol–water partition coefficient (Wildman–Crippen LogP) is 4.25. The Balaban J connectivity index is 1.85. The molecule has 0 unspecified atom stereocenters. The standard InChI is InChI=1S/C19H17ClN2O3/c1-25-15-6-5-13-10-16(19(23)24)18(22-17(13)11-15)21-8-7-12-3-2-4-14(20)9-12/h2-6,9-11H,7-8H2,1H3,(H,21,22)(H,23,24). The number of carboxylic acid groups (broad SMARTS) is 1. The minimum Gasteiger partial charge on any atom is -0.497 e. The van der Waals surface area contributed by atoms with Crippen LogP contribution < -0.4 is 10.1 Å². The van der Waals surface area contributed by atoms with Crippen molar-refractivity contribution in [3.05, 3.63) is 64.7 Å². The monoisotopic (exact) mass is 356 g/mol. The van der Waals surface area contributed by atoms with Crippen molar-refractivity contribution in [1.29, 1.82) is 0 Å². The normalized spacial score (nSPS) is 10.6. The zero-order valence-electron chi connectivity index (χ0n) is 13.6. The van der Waals surface area contributed by atoms with Gasteiger partial charge >= 0.3 is 5.97 Å². The van der Waals surface area contributed by atoms with E-state index in [2.05, 4.69) is 10.3 Å². The van der Waals surface area contributed by atoms with E-state index in [9.17, 15) is 9.90 Å². The molecule has 0 aliphatic carbocycles. The largest absolute Gasteiger partial charge is 0.497 e. The van der Waals surface area contributed by atoms with Crippen LogP contribution in [-0.2, 0) is 6.42 Å². The van der Waals surface area contributed by atoms with Gasteiger partial charge in [-0.25, -0.2) is 9.78 Å². The van der Waals surface area contributed by atoms with Gasteiger partial charge in [0, 0.05) is 23.0 Å². The van der Waals surface area contributed by atoms with E-state index in [-0.39, 0.29) is 5.56 Å². The number of anilines is 1. The maximum absolute atomic E-state index is 11.5. The average molecular weight is 357 g/mol. The van der Waals surface area contributed by atoms with Gasteiger partial charge in [0.2, 0.25) is 0 Å². The Bertz CT molecular complexity index is 928. The zero-order chi connectivity index (χ0) is 17.8. The maximum Gasteiger partial charge on any atom is 0.339 e. The lowest BCUT2D eigenvalue weighted by molar-refractivity contribution is 0.0698. The number of hydrogen-bond acceptors (Lipinski definition) is 4. The third-order valence-electron chi connectivity index (χ3n) is 3.85. The molecule has 0 fully saturated rings. The van der Waals surface area contributed by atoms with Gasteiger partial charge in [-0.1, -0.05) is 23.7 Å². The first-order valence-electron chi connectivity index (χ1n) is 7.77. The van der Waals surface area contributed by atoms with Crippen molar-refractivity contribution in [1.82, 2.24) is 4.98 Å². The third-order valence-corrected chi connectivity index (χ3v) is 4.09. The van der Waals surface area contributed by atoms with E-state index in [0.717, 1.165) is 10.9 Å². The molecule has 0 atom stereocenters. The molecule has 2 aromatic carbocycles. The summed E-state index contributed by atoms with van der Waals surface area (Å²) in [6.45, 7) is 0.545. The number of nitrogens with zero attached hydrogens (tertiary/aromatic N) is 1. The van der Waals surface area contributed by atoms with Gasteiger partial charge in [0.25, 0.3) is 0 Å². The number of nitrogens with one attached hydrogen (secondary N) is 1. The fourth-order valence-corrected chi connectivity index (χ4v) is 2.80. The molecule has 2 N–H and O–H groups in total. The second-order valence-electron chi connectivity index (χ2n) is 5.56. The van der Waals surface area contributed by atoms with Crippen LogP contribution >= 0.6 is 11.6 Å². The minimum absolute atomic E-state index is 0.142. The molecule has 1 aromatic heterocycles. The lowest BCUT2D eigenvalue weighted by Crippen LogP contribution is -2.11. The smallest absolute Gasteiger partial charge is 0.339 e. The van der Waals surface area contributed by atoms with Gasteiger partial charge in [-0.2, -0.15) is 0 Å². The van der Waals surface area contributed by atoms with Gasteiger partial charge in [-0.15, -0.1) is 0 Å². The number of halogens is 1. The quantitative estimate of drug-likeness (QED) is 0.690. The van der Waals surface area contributed by atoms with Gasteiger partial charge in [-0.3, -0.25) is 0 Å². The molecular weight excluding hydrogens is 340 g/mol. The second kappa shape index (κ2) is 7.40. The molecule has 0 aliphatic rings. The molecule has 6 heteroatoms. The van der Waals surface area contributed by atoms with Gasteiger partial charge in [-0.05, 0) is 42.3 Å². The summed E-state index contributed by atoms with van der Waals surface area (Å²) >= 11 is 5.98. The van der Waals surface area contributed by atoms with Crippen LogP contribution in [0.4, 0.5) is 5.82 Å². The van der Waals surface area contributed by atoms with E-state index in [1.165, 1.54) is 0 Å². The minimum atomic E-state index is -1.02. The highest BCUT2D eigenvalue weighted by molar-refractivity contribution is 6.30. The second-order valence-corrected chi connectivity index (χ2v) is 5.99. The first kappa shape index (κ1) is 17.0. The number of carboxylic acids is 1. The van der Waals surface area contributed by atoms with E-state index in [1.54, 1.807) is 31.4 Å². The van der Waals surface area contributed by atoms with Crippen molar-refractivity contribution in [3.8, 4) is 5.75 Å². The highest BCUT2D eigenvalue weighted by atomic mass is 35.5. The van der Waals surface area contributed by atoms with E-state index in [1.807, 2.05) is 24.3 Å². The highest BCUT2D eigenvalue weighted by Gasteiger charge is 2.13. The van der Waals surface area contributed by atoms with Crippen molar-refractivity contribution in [3.63, 3.8) is 0 Å². The molecule has 1 heterocycles. The number of fused-ring (bicyclic) bond motifs is 1. The number of rotatable bonds is 6. The Kier molecular flexibility index (Phi) is 5.05. The molecule has 5 nitrogen and oxygen atoms in total. The van der Waals surface area contributed by atoms with Crippen LogP contribution in [0.15, 0.2) is 48.5 Å². The fourth-order valence-electron chi connectivity index (χ4n) is 2.59. The molecule has 3 aromatic rings. The van der Waals surface area contributed by atoms with Gasteiger partial charge in [0.05, 0.1) is 12.6 Å². The summed E-state index contributed by atoms with van der Waals surface area (Å²) in [6.07, 6.45) is 0.706. The number of aromatic nitrogens is 1. The molecule has 0 saturated carbocycles.